The topological polar surface area (TPSA) is 99.4 Å². The van der Waals surface area contributed by atoms with Crippen LogP contribution >= 0.6 is 0 Å². The quantitative estimate of drug-likeness (QED) is 0.241. The number of rotatable bonds is 6. The molecule has 7 nitrogen and oxygen atoms in total. The fourth-order valence-corrected chi connectivity index (χ4v) is 4.51. The lowest BCUT2D eigenvalue weighted by molar-refractivity contribution is -0.116. The van der Waals surface area contributed by atoms with Crippen LogP contribution in [0.25, 0.3) is 55.7 Å². The maximum absolute atomic E-state index is 13.5. The second-order valence-corrected chi connectivity index (χ2v) is 8.88. The second-order valence-electron chi connectivity index (χ2n) is 8.88. The number of H-pyrrole nitrogens is 2. The van der Waals surface area contributed by atoms with Gasteiger partial charge < -0.3 is 10.3 Å². The fourth-order valence-electron chi connectivity index (χ4n) is 4.51. The van der Waals surface area contributed by atoms with Crippen molar-refractivity contribution >= 4 is 33.5 Å². The zero-order valence-electron chi connectivity index (χ0n) is 20.0. The van der Waals surface area contributed by atoms with Gasteiger partial charge in [0.05, 0.1) is 28.8 Å². The van der Waals surface area contributed by atoms with Crippen LogP contribution in [0, 0.1) is 5.82 Å². The van der Waals surface area contributed by atoms with Gasteiger partial charge in [-0.2, -0.15) is 5.10 Å². The van der Waals surface area contributed by atoms with Crippen LogP contribution in [0.15, 0.2) is 79.1 Å². The number of hydrogen-bond acceptors (Lipinski definition) is 4. The first kappa shape index (κ1) is 22.6. The minimum Gasteiger partial charge on any atom is -0.353 e. The summed E-state index contributed by atoms with van der Waals surface area (Å²) in [6.07, 6.45) is 4.59. The molecule has 8 heteroatoms. The third-order valence-electron chi connectivity index (χ3n) is 6.28. The van der Waals surface area contributed by atoms with Gasteiger partial charge in [-0.05, 0) is 60.0 Å². The minimum atomic E-state index is -0.264. The molecule has 0 saturated heterocycles. The summed E-state index contributed by atoms with van der Waals surface area (Å²) in [5.74, 6) is -0.305. The predicted octanol–water partition coefficient (Wildman–Crippen LogP) is 6.71. The molecule has 0 radical (unpaired) electrons. The van der Waals surface area contributed by atoms with Crippen LogP contribution in [0.5, 0.6) is 0 Å². The monoisotopic (exact) mass is 490 g/mol. The predicted molar refractivity (Wildman–Crippen MR) is 143 cm³/mol. The molecule has 3 N–H and O–H groups in total. The first-order valence-corrected chi connectivity index (χ1v) is 12.1. The van der Waals surface area contributed by atoms with Crippen molar-refractivity contribution in [2.45, 2.75) is 19.8 Å². The van der Waals surface area contributed by atoms with Crippen molar-refractivity contribution in [3.63, 3.8) is 0 Å². The number of halogens is 1. The molecule has 0 spiro atoms. The van der Waals surface area contributed by atoms with Crippen LogP contribution in [-0.2, 0) is 4.79 Å². The molecular formula is C29H23FN6O. The van der Waals surface area contributed by atoms with Crippen molar-refractivity contribution in [3.05, 3.63) is 84.9 Å². The second kappa shape index (κ2) is 9.31. The van der Waals surface area contributed by atoms with Crippen LogP contribution < -0.4 is 5.32 Å². The van der Waals surface area contributed by atoms with Gasteiger partial charge in [-0.1, -0.05) is 31.2 Å². The number of amides is 1. The highest BCUT2D eigenvalue weighted by Gasteiger charge is 2.16. The van der Waals surface area contributed by atoms with Crippen molar-refractivity contribution in [1.82, 2.24) is 25.1 Å². The molecule has 0 aliphatic heterocycles. The Balaban J connectivity index is 1.40. The Morgan fingerprint density at radius 1 is 0.973 bits per heavy atom. The number of pyridine rings is 2. The number of aromatic amines is 2. The van der Waals surface area contributed by atoms with E-state index in [2.05, 4.69) is 25.5 Å². The summed E-state index contributed by atoms with van der Waals surface area (Å²) in [4.78, 5) is 24.7. The molecule has 0 atom stereocenters. The van der Waals surface area contributed by atoms with Gasteiger partial charge in [0.15, 0.2) is 0 Å². The molecule has 6 rings (SSSR count). The normalized spacial score (nSPS) is 11.3. The molecule has 0 bridgehead atoms. The number of benzene rings is 2. The molecule has 37 heavy (non-hydrogen) atoms. The smallest absolute Gasteiger partial charge is 0.224 e. The molecule has 0 fully saturated rings. The Morgan fingerprint density at radius 2 is 1.84 bits per heavy atom. The van der Waals surface area contributed by atoms with Gasteiger partial charge in [0.25, 0.3) is 0 Å². The van der Waals surface area contributed by atoms with E-state index in [9.17, 15) is 9.18 Å². The third kappa shape index (κ3) is 4.33. The summed E-state index contributed by atoms with van der Waals surface area (Å²) >= 11 is 0. The first-order valence-electron chi connectivity index (χ1n) is 12.1. The number of nitrogens with zero attached hydrogens (tertiary/aromatic N) is 3. The molecule has 0 unspecified atom stereocenters. The number of anilines is 1. The lowest BCUT2D eigenvalue weighted by atomic mass is 10.0. The summed E-state index contributed by atoms with van der Waals surface area (Å²) in [7, 11) is 0. The fraction of sp³-hybridized carbons (Fsp3) is 0.103. The average molecular weight is 491 g/mol. The van der Waals surface area contributed by atoms with Crippen LogP contribution in [0.2, 0.25) is 0 Å². The molecule has 0 saturated carbocycles. The Labute approximate surface area is 211 Å². The lowest BCUT2D eigenvalue weighted by Gasteiger charge is -2.06. The Hall–Kier alpha value is -4.85. The highest BCUT2D eigenvalue weighted by Crippen LogP contribution is 2.34. The SMILES string of the molecule is CCCC(=O)Nc1cncc(-c2ccc3[nH]nc(-c4cc5c(-c6ccc(F)cc6)cccc5[nH]4)c3n2)c1. The standard InChI is InChI=1S/C29H23FN6O/c1-2-4-27(37)32-20-13-18(15-31-16-20)23-11-12-25-28(34-23)29(36-35-25)26-14-22-21(5-3-6-24(22)33-26)17-7-9-19(30)10-8-17/h3,5-16,33H,2,4H2,1H3,(H,32,37)(H,35,36). The van der Waals surface area contributed by atoms with E-state index in [0.29, 0.717) is 23.3 Å². The Morgan fingerprint density at radius 3 is 2.68 bits per heavy atom. The van der Waals surface area contributed by atoms with Gasteiger partial charge in [-0.15, -0.1) is 0 Å². The largest absolute Gasteiger partial charge is 0.353 e. The molecule has 4 heterocycles. The van der Waals surface area contributed by atoms with Gasteiger partial charge in [-0.3, -0.25) is 14.9 Å². The number of nitrogens with one attached hydrogen (secondary N) is 3. The van der Waals surface area contributed by atoms with Crippen molar-refractivity contribution < 1.29 is 9.18 Å². The van der Waals surface area contributed by atoms with Crippen LogP contribution in [-0.4, -0.2) is 31.1 Å². The van der Waals surface area contributed by atoms with E-state index in [0.717, 1.165) is 50.9 Å². The number of hydrogen-bond donors (Lipinski definition) is 3. The highest BCUT2D eigenvalue weighted by molar-refractivity contribution is 6.00. The lowest BCUT2D eigenvalue weighted by Crippen LogP contribution is -2.10. The highest BCUT2D eigenvalue weighted by atomic mass is 19.1. The van der Waals surface area contributed by atoms with Crippen molar-refractivity contribution in [2.24, 2.45) is 0 Å². The summed E-state index contributed by atoms with van der Waals surface area (Å²) < 4.78 is 13.5. The summed E-state index contributed by atoms with van der Waals surface area (Å²) in [6.45, 7) is 1.96. The first-order chi connectivity index (χ1) is 18.1. The van der Waals surface area contributed by atoms with E-state index in [1.165, 1.54) is 12.1 Å². The average Bonchev–Trinajstić information content (AvgIpc) is 3.53. The van der Waals surface area contributed by atoms with Gasteiger partial charge in [-0.25, -0.2) is 9.37 Å². The molecule has 6 aromatic rings. The van der Waals surface area contributed by atoms with Crippen LogP contribution in [0.4, 0.5) is 10.1 Å². The van der Waals surface area contributed by atoms with E-state index in [4.69, 9.17) is 4.98 Å². The maximum atomic E-state index is 13.5. The van der Waals surface area contributed by atoms with Crippen molar-refractivity contribution in [1.29, 1.82) is 0 Å². The molecule has 182 valence electrons. The van der Waals surface area contributed by atoms with Gasteiger partial charge in [0, 0.05) is 29.1 Å². The van der Waals surface area contributed by atoms with E-state index in [1.54, 1.807) is 24.5 Å². The van der Waals surface area contributed by atoms with Gasteiger partial charge >= 0.3 is 0 Å². The summed E-state index contributed by atoms with van der Waals surface area (Å²) in [6, 6.07) is 20.2. The van der Waals surface area contributed by atoms with E-state index in [-0.39, 0.29) is 11.7 Å². The molecule has 2 aromatic carbocycles. The van der Waals surface area contributed by atoms with Crippen LogP contribution in [0.3, 0.4) is 0 Å². The summed E-state index contributed by atoms with van der Waals surface area (Å²) in [5, 5.41) is 11.5. The molecule has 0 aliphatic carbocycles. The number of fused-ring (bicyclic) bond motifs is 2. The maximum Gasteiger partial charge on any atom is 0.224 e. The molecular weight excluding hydrogens is 467 g/mol. The zero-order chi connectivity index (χ0) is 25.4. The molecule has 4 aromatic heterocycles. The van der Waals surface area contributed by atoms with Crippen molar-refractivity contribution in [3.8, 4) is 33.8 Å². The Kier molecular flexibility index (Phi) is 5.69. The summed E-state index contributed by atoms with van der Waals surface area (Å²) in [5.41, 5.74) is 8.06. The van der Waals surface area contributed by atoms with Crippen LogP contribution in [0.1, 0.15) is 19.8 Å². The van der Waals surface area contributed by atoms with Gasteiger partial charge in [0.2, 0.25) is 5.91 Å². The van der Waals surface area contributed by atoms with E-state index >= 15 is 0 Å². The number of carbonyl (C=O) groups is 1. The van der Waals surface area contributed by atoms with E-state index < -0.39 is 0 Å². The molecule has 1 amide bonds. The Bertz CT molecular complexity index is 1750. The third-order valence-corrected chi connectivity index (χ3v) is 6.28. The number of aromatic nitrogens is 5. The van der Waals surface area contributed by atoms with Gasteiger partial charge in [0.1, 0.15) is 17.0 Å². The minimum absolute atomic E-state index is 0.0409. The van der Waals surface area contributed by atoms with E-state index in [1.807, 2.05) is 49.4 Å². The number of carbonyl (C=O) groups excluding carboxylic acids is 1. The molecule has 0 aliphatic rings. The zero-order valence-corrected chi connectivity index (χ0v) is 20.0. The van der Waals surface area contributed by atoms with Crippen molar-refractivity contribution in [2.75, 3.05) is 5.32 Å².